The van der Waals surface area contributed by atoms with Crippen molar-refractivity contribution in [2.24, 2.45) is 0 Å². The fraction of sp³-hybridized carbons (Fsp3) is 0.522. The summed E-state index contributed by atoms with van der Waals surface area (Å²) in [5.41, 5.74) is 1.72. The first-order valence-corrected chi connectivity index (χ1v) is 11.2. The molecule has 0 aliphatic carbocycles. The summed E-state index contributed by atoms with van der Waals surface area (Å²) in [7, 11) is 1.63. The van der Waals surface area contributed by atoms with Gasteiger partial charge in [-0.2, -0.15) is 5.10 Å². The summed E-state index contributed by atoms with van der Waals surface area (Å²) in [5.74, 6) is 1.27. The Morgan fingerprint density at radius 3 is 2.55 bits per heavy atom. The second kappa shape index (κ2) is 9.96. The molecule has 2 amide bonds. The predicted octanol–water partition coefficient (Wildman–Crippen LogP) is 2.29. The summed E-state index contributed by atoms with van der Waals surface area (Å²) in [5, 5.41) is 7.63. The Kier molecular flexibility index (Phi) is 6.86. The molecule has 3 heterocycles. The first-order valence-electron chi connectivity index (χ1n) is 11.2. The van der Waals surface area contributed by atoms with Crippen LogP contribution in [0.3, 0.4) is 0 Å². The number of ether oxygens (including phenoxy) is 1. The van der Waals surface area contributed by atoms with Crippen LogP contribution in [-0.2, 0) is 16.1 Å². The number of nitrogens with zero attached hydrogens (tertiary/aromatic N) is 4. The molecule has 2 aromatic rings. The number of anilines is 1. The van der Waals surface area contributed by atoms with Crippen molar-refractivity contribution in [3.8, 4) is 17.0 Å². The zero-order valence-corrected chi connectivity index (χ0v) is 18.2. The average molecular weight is 426 g/mol. The van der Waals surface area contributed by atoms with Crippen molar-refractivity contribution in [2.75, 3.05) is 44.7 Å². The minimum atomic E-state index is -0.135. The molecule has 2 aliphatic rings. The number of carbonyl (C=O) groups is 2. The number of nitrogens with one attached hydrogen (secondary N) is 1. The highest BCUT2D eigenvalue weighted by molar-refractivity contribution is 5.99. The molecule has 4 rings (SSSR count). The van der Waals surface area contributed by atoms with Gasteiger partial charge in [-0.1, -0.05) is 12.8 Å². The molecular formula is C23H31N5O3. The number of benzene rings is 1. The lowest BCUT2D eigenvalue weighted by Gasteiger charge is -2.27. The normalized spacial score (nSPS) is 17.2. The van der Waals surface area contributed by atoms with E-state index in [1.54, 1.807) is 12.0 Å². The molecule has 1 N–H and O–H groups in total. The van der Waals surface area contributed by atoms with Crippen LogP contribution in [0.1, 0.15) is 32.1 Å². The van der Waals surface area contributed by atoms with E-state index < -0.39 is 0 Å². The number of carbonyl (C=O) groups excluding carboxylic acids is 2. The summed E-state index contributed by atoms with van der Waals surface area (Å²) in [4.78, 5) is 29.1. The highest BCUT2D eigenvalue weighted by Gasteiger charge is 2.28. The molecule has 166 valence electrons. The van der Waals surface area contributed by atoms with Crippen molar-refractivity contribution in [1.29, 1.82) is 0 Å². The van der Waals surface area contributed by atoms with Crippen molar-refractivity contribution in [1.82, 2.24) is 20.0 Å². The van der Waals surface area contributed by atoms with Crippen LogP contribution in [0, 0.1) is 0 Å². The molecule has 0 bridgehead atoms. The minimum absolute atomic E-state index is 0.0204. The molecule has 8 nitrogen and oxygen atoms in total. The molecular weight excluding hydrogens is 394 g/mol. The Balaban J connectivity index is 1.38. The van der Waals surface area contributed by atoms with E-state index in [-0.39, 0.29) is 18.4 Å². The Morgan fingerprint density at radius 2 is 1.84 bits per heavy atom. The van der Waals surface area contributed by atoms with Gasteiger partial charge in [-0.25, -0.2) is 4.68 Å². The van der Waals surface area contributed by atoms with Gasteiger partial charge in [0.1, 0.15) is 18.1 Å². The molecule has 0 unspecified atom stereocenters. The fourth-order valence-electron chi connectivity index (χ4n) is 4.24. The predicted molar refractivity (Wildman–Crippen MR) is 119 cm³/mol. The molecule has 31 heavy (non-hydrogen) atoms. The van der Waals surface area contributed by atoms with E-state index in [1.807, 2.05) is 35.0 Å². The molecule has 0 atom stereocenters. The fourth-order valence-corrected chi connectivity index (χ4v) is 4.24. The summed E-state index contributed by atoms with van der Waals surface area (Å²) in [6, 6.07) is 9.52. The third-order valence-electron chi connectivity index (χ3n) is 6.01. The maximum Gasteiger partial charge on any atom is 0.240 e. The molecule has 0 spiro atoms. The quantitative estimate of drug-likeness (QED) is 0.736. The van der Waals surface area contributed by atoms with Gasteiger partial charge >= 0.3 is 0 Å². The minimum Gasteiger partial charge on any atom is -0.497 e. The van der Waals surface area contributed by atoms with E-state index in [9.17, 15) is 9.59 Å². The van der Waals surface area contributed by atoms with E-state index >= 15 is 0 Å². The number of rotatable bonds is 7. The summed E-state index contributed by atoms with van der Waals surface area (Å²) in [6.07, 6.45) is 5.41. The Labute approximate surface area is 183 Å². The monoisotopic (exact) mass is 425 g/mol. The second-order valence-corrected chi connectivity index (χ2v) is 8.18. The van der Waals surface area contributed by atoms with Crippen molar-refractivity contribution in [3.05, 3.63) is 30.3 Å². The number of methoxy groups -OCH3 is 1. The lowest BCUT2D eigenvalue weighted by molar-refractivity contribution is -0.124. The van der Waals surface area contributed by atoms with Gasteiger partial charge in [0.05, 0.1) is 19.3 Å². The molecule has 1 fully saturated rings. The van der Waals surface area contributed by atoms with Crippen LogP contribution in [0.4, 0.5) is 5.82 Å². The number of aryl methyl sites for hydroxylation is 1. The number of hydrogen-bond donors (Lipinski definition) is 1. The van der Waals surface area contributed by atoms with Gasteiger partial charge in [-0.05, 0) is 50.2 Å². The van der Waals surface area contributed by atoms with E-state index in [1.165, 1.54) is 25.7 Å². The van der Waals surface area contributed by atoms with Gasteiger partial charge in [0.15, 0.2) is 0 Å². The van der Waals surface area contributed by atoms with E-state index in [4.69, 9.17) is 4.74 Å². The largest absolute Gasteiger partial charge is 0.497 e. The zero-order chi connectivity index (χ0) is 21.6. The molecule has 1 aromatic heterocycles. The van der Waals surface area contributed by atoms with Crippen molar-refractivity contribution >= 4 is 17.6 Å². The molecule has 1 aromatic carbocycles. The van der Waals surface area contributed by atoms with E-state index in [2.05, 4.69) is 15.3 Å². The van der Waals surface area contributed by atoms with Gasteiger partial charge in [0, 0.05) is 31.1 Å². The second-order valence-electron chi connectivity index (χ2n) is 8.18. The van der Waals surface area contributed by atoms with Crippen molar-refractivity contribution in [2.45, 2.75) is 38.6 Å². The topological polar surface area (TPSA) is 79.7 Å². The van der Waals surface area contributed by atoms with Crippen LogP contribution in [0.2, 0.25) is 0 Å². The summed E-state index contributed by atoms with van der Waals surface area (Å²) >= 11 is 0. The van der Waals surface area contributed by atoms with Gasteiger partial charge in [-0.3, -0.25) is 14.5 Å². The van der Waals surface area contributed by atoms with Crippen molar-refractivity contribution in [3.63, 3.8) is 0 Å². The Hall–Kier alpha value is -2.87. The number of aromatic nitrogens is 2. The van der Waals surface area contributed by atoms with Gasteiger partial charge in [0.2, 0.25) is 11.8 Å². The molecule has 0 radical (unpaired) electrons. The van der Waals surface area contributed by atoms with E-state index in [0.717, 1.165) is 36.6 Å². The Morgan fingerprint density at radius 1 is 1.10 bits per heavy atom. The maximum atomic E-state index is 12.6. The van der Waals surface area contributed by atoms with Crippen LogP contribution < -0.4 is 15.0 Å². The highest BCUT2D eigenvalue weighted by Crippen LogP contribution is 2.28. The summed E-state index contributed by atoms with van der Waals surface area (Å²) < 4.78 is 7.02. The highest BCUT2D eigenvalue weighted by atomic mass is 16.5. The third kappa shape index (κ3) is 5.25. The van der Waals surface area contributed by atoms with Crippen LogP contribution >= 0.6 is 0 Å². The molecule has 2 aliphatic heterocycles. The number of hydrogen-bond acceptors (Lipinski definition) is 5. The average Bonchev–Trinajstić information content (AvgIpc) is 3.05. The lowest BCUT2D eigenvalue weighted by Crippen LogP contribution is -2.45. The van der Waals surface area contributed by atoms with Gasteiger partial charge in [-0.15, -0.1) is 0 Å². The number of likely N-dealkylation sites (tertiary alicyclic amines) is 1. The Bertz CT molecular complexity index is 900. The molecule has 0 saturated carbocycles. The first-order chi connectivity index (χ1) is 15.1. The lowest BCUT2D eigenvalue weighted by atomic mass is 10.1. The van der Waals surface area contributed by atoms with E-state index in [0.29, 0.717) is 25.3 Å². The van der Waals surface area contributed by atoms with Crippen LogP contribution in [0.5, 0.6) is 5.75 Å². The third-order valence-corrected chi connectivity index (χ3v) is 6.01. The SMILES string of the molecule is COc1ccc(-c2cc3n(n2)CCC(=O)N3CC(=O)NCCN2CCCCCC2)cc1. The van der Waals surface area contributed by atoms with Gasteiger partial charge in [0.25, 0.3) is 0 Å². The smallest absolute Gasteiger partial charge is 0.240 e. The van der Waals surface area contributed by atoms with Crippen LogP contribution in [-0.4, -0.2) is 66.3 Å². The first kappa shape index (κ1) is 21.4. The molecule has 1 saturated heterocycles. The zero-order valence-electron chi connectivity index (χ0n) is 18.2. The van der Waals surface area contributed by atoms with Gasteiger partial charge < -0.3 is 15.0 Å². The van der Waals surface area contributed by atoms with Crippen LogP contribution in [0.15, 0.2) is 30.3 Å². The molecule has 8 heteroatoms. The maximum absolute atomic E-state index is 12.6. The number of amides is 2. The number of fused-ring (bicyclic) bond motifs is 1. The summed E-state index contributed by atoms with van der Waals surface area (Å²) in [6.45, 7) is 4.22. The standard InChI is InChI=1S/C23H31N5O3/c1-31-19-8-6-18(7-9-19)20-16-22-27(23(30)10-14-28(22)25-20)17-21(29)24-11-15-26-12-4-2-3-5-13-26/h6-9,16H,2-5,10-15,17H2,1H3,(H,24,29). The van der Waals surface area contributed by atoms with Crippen molar-refractivity contribution < 1.29 is 14.3 Å². The van der Waals surface area contributed by atoms with Crippen LogP contribution in [0.25, 0.3) is 11.3 Å².